The third-order valence-electron chi connectivity index (χ3n) is 18.1. The molecule has 3 rings (SSSR count). The van der Waals surface area contributed by atoms with Crippen molar-refractivity contribution in [2.75, 3.05) is 19.8 Å². The molecule has 12 heteroatoms. The van der Waals surface area contributed by atoms with Gasteiger partial charge < -0.3 is 28.4 Å². The highest BCUT2D eigenvalue weighted by atomic mass is 16.6. The van der Waals surface area contributed by atoms with Crippen LogP contribution in [0.25, 0.3) is 0 Å². The van der Waals surface area contributed by atoms with Crippen molar-refractivity contribution in [1.29, 1.82) is 0 Å². The zero-order valence-electron chi connectivity index (χ0n) is 57.6. The van der Waals surface area contributed by atoms with E-state index in [1.165, 1.54) is 280 Å². The predicted molar refractivity (Wildman–Crippen MR) is 365 cm³/mol. The van der Waals surface area contributed by atoms with Gasteiger partial charge >= 0.3 is 17.6 Å². The van der Waals surface area contributed by atoms with E-state index in [0.29, 0.717) is 49.1 Å². The van der Waals surface area contributed by atoms with E-state index >= 15 is 0 Å². The van der Waals surface area contributed by atoms with Crippen molar-refractivity contribution in [3.63, 3.8) is 0 Å². The maximum atomic E-state index is 13.3. The Balaban J connectivity index is 1.58. The molecule has 0 saturated carbocycles. The third-order valence-corrected chi connectivity index (χ3v) is 18.1. The lowest BCUT2D eigenvalue weighted by Crippen LogP contribution is -2.33. The molecule has 0 bridgehead atoms. The Kier molecular flexibility index (Phi) is 48.9. The number of carbonyl (C=O) groups excluding carboxylic acids is 2. The fourth-order valence-electron chi connectivity index (χ4n) is 12.4. The second kappa shape index (κ2) is 54.9. The quantitative estimate of drug-likeness (QED) is 0.0502. The van der Waals surface area contributed by atoms with Gasteiger partial charge in [0.25, 0.3) is 5.56 Å². The molecule has 0 amide bonds. The van der Waals surface area contributed by atoms with Gasteiger partial charge in [0.05, 0.1) is 38.8 Å². The summed E-state index contributed by atoms with van der Waals surface area (Å²) in [7, 11) is 0. The molecule has 2 heterocycles. The highest BCUT2D eigenvalue weighted by molar-refractivity contribution is 5.77. The van der Waals surface area contributed by atoms with E-state index in [1.807, 2.05) is 19.1 Å². The maximum absolute atomic E-state index is 13.3. The second-order valence-electron chi connectivity index (χ2n) is 26.3. The molecule has 508 valence electrons. The van der Waals surface area contributed by atoms with E-state index in [0.717, 1.165) is 44.1 Å². The molecule has 1 N–H and O–H groups in total. The Labute approximate surface area is 538 Å². The molecule has 88 heavy (non-hydrogen) atoms. The summed E-state index contributed by atoms with van der Waals surface area (Å²) < 4.78 is 39.0. The van der Waals surface area contributed by atoms with Gasteiger partial charge in [0, 0.05) is 18.2 Å². The Morgan fingerprint density at radius 2 is 0.795 bits per heavy atom. The van der Waals surface area contributed by atoms with Crippen molar-refractivity contribution in [2.45, 2.75) is 394 Å². The number of aromatic nitrogens is 2. The van der Waals surface area contributed by atoms with Crippen LogP contribution >= 0.6 is 0 Å². The first-order chi connectivity index (χ1) is 43.2. The summed E-state index contributed by atoms with van der Waals surface area (Å²) in [5.41, 5.74) is 0.0828. The van der Waals surface area contributed by atoms with E-state index in [2.05, 4.69) is 25.8 Å². The molecule has 3 atom stereocenters. The number of hydrogen-bond acceptors (Lipinski definition) is 10. The number of aryl methyl sites for hydroxylation is 1. The largest absolute Gasteiger partial charge is 0.490 e. The predicted octanol–water partition coefficient (Wildman–Crippen LogP) is 21.9. The number of carbonyl (C=O) groups is 2. The summed E-state index contributed by atoms with van der Waals surface area (Å²) in [4.78, 5) is 53.4. The van der Waals surface area contributed by atoms with Gasteiger partial charge in [-0.25, -0.2) is 4.79 Å². The Hall–Kier alpha value is -3.80. The van der Waals surface area contributed by atoms with Crippen molar-refractivity contribution in [3.05, 3.63) is 50.3 Å². The molecule has 1 unspecified atom stereocenters. The van der Waals surface area contributed by atoms with Crippen molar-refractivity contribution >= 4 is 11.9 Å². The average molecular weight is 1240 g/mol. The topological polar surface area (TPSA) is 144 Å². The number of ether oxygens (including phenoxy) is 6. The van der Waals surface area contributed by atoms with Crippen LogP contribution in [0.4, 0.5) is 0 Å². The molecule has 0 spiro atoms. The smallest absolute Gasteiger partial charge is 0.330 e. The van der Waals surface area contributed by atoms with Crippen LogP contribution in [0.2, 0.25) is 0 Å². The van der Waals surface area contributed by atoms with Gasteiger partial charge in [-0.05, 0) is 50.3 Å². The first kappa shape index (κ1) is 78.4. The lowest BCUT2D eigenvalue weighted by molar-refractivity contribution is -0.156. The molecule has 12 nitrogen and oxygen atoms in total. The summed E-state index contributed by atoms with van der Waals surface area (Å²) in [5.74, 6) is 0.817. The summed E-state index contributed by atoms with van der Waals surface area (Å²) in [5, 5.41) is 0. The van der Waals surface area contributed by atoms with E-state index in [-0.39, 0.29) is 25.9 Å². The molecule has 1 aliphatic rings. The van der Waals surface area contributed by atoms with Crippen molar-refractivity contribution < 1.29 is 38.0 Å². The van der Waals surface area contributed by atoms with E-state index in [9.17, 15) is 19.2 Å². The molecule has 1 aromatic heterocycles. The minimum atomic E-state index is -0.697. The van der Waals surface area contributed by atoms with Crippen molar-refractivity contribution in [2.24, 2.45) is 0 Å². The first-order valence-electron chi connectivity index (χ1n) is 37.6. The van der Waals surface area contributed by atoms with E-state index < -0.39 is 41.6 Å². The SMILES string of the molecule is CCCCCCCCCCCCCCCCCCOc1cc(COC(=O)CCC(=O)OC2C[C@H](n3cc(C)c(=O)[nH]c3=O)O[C@@H]2CC)cc(OCCCCCCCCCCCCCCCCCC)c1OCCCCCCCCCCCCCCCCCC. The molecule has 1 aliphatic heterocycles. The monoisotopic (exact) mass is 1240 g/mol. The Morgan fingerprint density at radius 1 is 0.466 bits per heavy atom. The number of aromatic amines is 1. The Bertz CT molecular complexity index is 2040. The molecule has 0 aliphatic carbocycles. The van der Waals surface area contributed by atoms with Crippen molar-refractivity contribution in [1.82, 2.24) is 9.55 Å². The number of H-pyrrole nitrogens is 1. The minimum Gasteiger partial charge on any atom is -0.490 e. The van der Waals surface area contributed by atoms with Crippen LogP contribution in [-0.2, 0) is 30.4 Å². The number of hydrogen-bond donors (Lipinski definition) is 1. The zero-order chi connectivity index (χ0) is 63.2. The van der Waals surface area contributed by atoms with Crippen LogP contribution in [0.1, 0.15) is 379 Å². The summed E-state index contributed by atoms with van der Waals surface area (Å²) >= 11 is 0. The molecular weight excluding hydrogens is 1100 g/mol. The van der Waals surface area contributed by atoms with Gasteiger partial charge in [-0.3, -0.25) is 23.9 Å². The number of rotatable bonds is 62. The number of esters is 2. The summed E-state index contributed by atoms with van der Waals surface area (Å²) in [6.07, 6.45) is 63.2. The molecule has 1 saturated heterocycles. The van der Waals surface area contributed by atoms with Crippen molar-refractivity contribution in [3.8, 4) is 17.2 Å². The normalized spacial score (nSPS) is 14.9. The zero-order valence-corrected chi connectivity index (χ0v) is 57.6. The van der Waals surface area contributed by atoms with E-state index in [1.54, 1.807) is 6.92 Å². The Morgan fingerprint density at radius 3 is 1.15 bits per heavy atom. The lowest BCUT2D eigenvalue weighted by Gasteiger charge is -2.19. The molecule has 1 fully saturated rings. The standard InChI is InChI=1S/C76H134N2O10/c1-6-10-13-16-19-22-25-28-31-34-37-40-43-46-49-52-57-83-69-60-66(64-86-72(79)55-56-73(80)88-68-62-71(87-67(68)9-4)78-63-65(5)75(81)77-76(78)82)61-70(84-58-53-50-47-44-41-38-35-32-29-26-23-20-17-14-11-7-2)74(69)85-59-54-51-48-45-42-39-36-33-30-27-24-21-18-15-12-8-3/h60-61,63,67-68,71H,6-59,62,64H2,1-5H3,(H,77,81,82)/t67-,68?,71-/m1/s1. The van der Waals surface area contributed by atoms with Gasteiger partial charge in [-0.2, -0.15) is 0 Å². The second-order valence-corrected chi connectivity index (χ2v) is 26.3. The third kappa shape index (κ3) is 39.5. The summed E-state index contributed by atoms with van der Waals surface area (Å²) in [6, 6.07) is 3.88. The van der Waals surface area contributed by atoms with Crippen LogP contribution in [0.15, 0.2) is 27.9 Å². The van der Waals surface area contributed by atoms with Gasteiger partial charge in [0.1, 0.15) is 18.9 Å². The molecule has 1 aromatic carbocycles. The lowest BCUT2D eigenvalue weighted by atomic mass is 10.0. The first-order valence-corrected chi connectivity index (χ1v) is 37.6. The van der Waals surface area contributed by atoms with E-state index in [4.69, 9.17) is 28.4 Å². The number of benzene rings is 1. The molecule has 0 radical (unpaired) electrons. The van der Waals surface area contributed by atoms with Gasteiger partial charge in [-0.1, -0.05) is 317 Å². The van der Waals surface area contributed by atoms with Gasteiger partial charge in [-0.15, -0.1) is 0 Å². The van der Waals surface area contributed by atoms with Crippen LogP contribution in [0, 0.1) is 6.92 Å². The molecule has 2 aromatic rings. The maximum Gasteiger partial charge on any atom is 0.330 e. The number of unbranched alkanes of at least 4 members (excludes halogenated alkanes) is 45. The van der Waals surface area contributed by atoms with Crippen LogP contribution < -0.4 is 25.5 Å². The van der Waals surface area contributed by atoms with Crippen LogP contribution in [-0.4, -0.2) is 53.5 Å². The number of nitrogens with zero attached hydrogens (tertiary/aromatic N) is 1. The fourth-order valence-corrected chi connectivity index (χ4v) is 12.4. The average Bonchev–Trinajstić information content (AvgIpc) is 2.06. The van der Waals surface area contributed by atoms with Crippen LogP contribution in [0.3, 0.4) is 0 Å². The fraction of sp³-hybridized carbons (Fsp3) is 0.842. The highest BCUT2D eigenvalue weighted by Gasteiger charge is 2.38. The summed E-state index contributed by atoms with van der Waals surface area (Å²) in [6.45, 7) is 12.1. The molecular formula is C76H134N2O10. The highest BCUT2D eigenvalue weighted by Crippen LogP contribution is 2.40. The number of nitrogens with one attached hydrogen (secondary N) is 1. The van der Waals surface area contributed by atoms with Crippen LogP contribution in [0.5, 0.6) is 17.2 Å². The minimum absolute atomic E-state index is 0.0124. The van der Waals surface area contributed by atoms with Gasteiger partial charge in [0.2, 0.25) is 5.75 Å². The van der Waals surface area contributed by atoms with Gasteiger partial charge in [0.15, 0.2) is 11.5 Å².